The molecule has 1 fully saturated rings. The van der Waals surface area contributed by atoms with Crippen molar-refractivity contribution in [1.29, 1.82) is 0 Å². The highest BCUT2D eigenvalue weighted by Gasteiger charge is 2.33. The Morgan fingerprint density at radius 3 is 2.84 bits per heavy atom. The number of nitrogens with one attached hydrogen (secondary N) is 1. The van der Waals surface area contributed by atoms with Crippen molar-refractivity contribution in [3.8, 4) is 5.19 Å². The molecule has 1 amide bonds. The zero-order valence-corrected chi connectivity index (χ0v) is 15.6. The molecule has 2 aromatic rings. The normalized spacial score (nSPS) is 15.0. The lowest BCUT2D eigenvalue weighted by molar-refractivity contribution is -0.138. The maximum atomic E-state index is 12.4. The number of hydrogen-bond donors (Lipinski definition) is 1. The number of nitrogens with zero attached hydrogens (tertiary/aromatic N) is 2. The molecule has 0 radical (unpaired) electrons. The van der Waals surface area contributed by atoms with Crippen LogP contribution < -0.4 is 9.46 Å². The molecule has 1 aliphatic rings. The first-order chi connectivity index (χ1) is 11.8. The Balaban J connectivity index is 1.52. The summed E-state index contributed by atoms with van der Waals surface area (Å²) in [7, 11) is -3.72. The standard InChI is InChI=1S/C16H19N3O4S2/c1-11-3-4-12(2)14(7-11)25(21,22)18-8-15(20)19-9-13(10-19)23-16-17-5-6-24-16/h3-7,13,18H,8-10H2,1-2H3. The summed E-state index contributed by atoms with van der Waals surface area (Å²) in [5, 5.41) is 2.40. The summed E-state index contributed by atoms with van der Waals surface area (Å²) in [5.74, 6) is -0.270. The summed E-state index contributed by atoms with van der Waals surface area (Å²) < 4.78 is 32.8. The quantitative estimate of drug-likeness (QED) is 0.815. The third-order valence-corrected chi connectivity index (χ3v) is 6.13. The first kappa shape index (κ1) is 17.8. The van der Waals surface area contributed by atoms with Crippen LogP contribution in [-0.4, -0.2) is 49.9 Å². The van der Waals surface area contributed by atoms with E-state index in [0.29, 0.717) is 23.8 Å². The minimum atomic E-state index is -3.72. The average Bonchev–Trinajstić information content (AvgIpc) is 3.03. The molecule has 0 atom stereocenters. The third-order valence-electron chi connectivity index (χ3n) is 3.92. The van der Waals surface area contributed by atoms with Crippen LogP contribution in [0, 0.1) is 13.8 Å². The number of aryl methyl sites for hydroxylation is 2. The van der Waals surface area contributed by atoms with Crippen LogP contribution in [0.15, 0.2) is 34.7 Å². The van der Waals surface area contributed by atoms with Crippen molar-refractivity contribution in [2.24, 2.45) is 0 Å². The predicted octanol–water partition coefficient (Wildman–Crippen LogP) is 1.33. The summed E-state index contributed by atoms with van der Waals surface area (Å²) in [5.41, 5.74) is 1.49. The molecule has 0 bridgehead atoms. The summed E-state index contributed by atoms with van der Waals surface area (Å²) in [4.78, 5) is 17.9. The average molecular weight is 381 g/mol. The van der Waals surface area contributed by atoms with Gasteiger partial charge in [0.15, 0.2) is 0 Å². The monoisotopic (exact) mass is 381 g/mol. The Morgan fingerprint density at radius 1 is 1.40 bits per heavy atom. The van der Waals surface area contributed by atoms with E-state index in [9.17, 15) is 13.2 Å². The van der Waals surface area contributed by atoms with Gasteiger partial charge in [-0.05, 0) is 31.0 Å². The van der Waals surface area contributed by atoms with Gasteiger partial charge in [-0.25, -0.2) is 18.1 Å². The number of amides is 1. The van der Waals surface area contributed by atoms with Crippen molar-refractivity contribution in [3.63, 3.8) is 0 Å². The SMILES string of the molecule is Cc1ccc(C)c(S(=O)(=O)NCC(=O)N2CC(Oc3nccs3)C2)c1. The Kier molecular flexibility index (Phi) is 5.07. The molecule has 1 aliphatic heterocycles. The molecule has 1 N–H and O–H groups in total. The number of rotatable bonds is 6. The molecule has 7 nitrogen and oxygen atoms in total. The molecule has 0 unspecified atom stereocenters. The largest absolute Gasteiger partial charge is 0.463 e. The fourth-order valence-electron chi connectivity index (χ4n) is 2.47. The van der Waals surface area contributed by atoms with E-state index in [1.54, 1.807) is 30.2 Å². The fourth-order valence-corrected chi connectivity index (χ4v) is 4.32. The Morgan fingerprint density at radius 2 is 2.16 bits per heavy atom. The van der Waals surface area contributed by atoms with Gasteiger partial charge in [-0.2, -0.15) is 0 Å². The highest BCUT2D eigenvalue weighted by atomic mass is 32.2. The molecule has 2 heterocycles. The van der Waals surface area contributed by atoms with Crippen LogP contribution in [0.3, 0.4) is 0 Å². The number of hydrogen-bond acceptors (Lipinski definition) is 6. The van der Waals surface area contributed by atoms with E-state index in [0.717, 1.165) is 5.56 Å². The van der Waals surface area contributed by atoms with Crippen molar-refractivity contribution in [2.45, 2.75) is 24.8 Å². The Hall–Kier alpha value is -1.97. The minimum Gasteiger partial charge on any atom is -0.463 e. The van der Waals surface area contributed by atoms with Gasteiger partial charge in [0.25, 0.3) is 5.19 Å². The number of sulfonamides is 1. The smallest absolute Gasteiger partial charge is 0.273 e. The van der Waals surface area contributed by atoms with E-state index in [1.807, 2.05) is 18.4 Å². The summed E-state index contributed by atoms with van der Waals surface area (Å²) >= 11 is 1.40. The molecule has 25 heavy (non-hydrogen) atoms. The van der Waals surface area contributed by atoms with Gasteiger partial charge in [-0.3, -0.25) is 4.79 Å². The van der Waals surface area contributed by atoms with Crippen LogP contribution in [0.25, 0.3) is 0 Å². The predicted molar refractivity (Wildman–Crippen MR) is 94.2 cm³/mol. The molecule has 3 rings (SSSR count). The van der Waals surface area contributed by atoms with Gasteiger partial charge in [0.1, 0.15) is 6.10 Å². The van der Waals surface area contributed by atoms with Crippen molar-refractivity contribution in [1.82, 2.24) is 14.6 Å². The van der Waals surface area contributed by atoms with E-state index >= 15 is 0 Å². The summed E-state index contributed by atoms with van der Waals surface area (Å²) in [6, 6.07) is 5.20. The second kappa shape index (κ2) is 7.11. The van der Waals surface area contributed by atoms with E-state index < -0.39 is 10.0 Å². The molecular weight excluding hydrogens is 362 g/mol. The molecular formula is C16H19N3O4S2. The van der Waals surface area contributed by atoms with Gasteiger partial charge in [-0.15, -0.1) is 0 Å². The topological polar surface area (TPSA) is 88.6 Å². The highest BCUT2D eigenvalue weighted by Crippen LogP contribution is 2.20. The molecule has 134 valence electrons. The lowest BCUT2D eigenvalue weighted by Gasteiger charge is -2.38. The molecule has 9 heteroatoms. The zero-order valence-electron chi connectivity index (χ0n) is 13.9. The minimum absolute atomic E-state index is 0.0919. The van der Waals surface area contributed by atoms with Crippen LogP contribution in [0.4, 0.5) is 0 Å². The summed E-state index contributed by atoms with van der Waals surface area (Å²) in [6.45, 7) is 4.16. The van der Waals surface area contributed by atoms with Crippen LogP contribution in [0.2, 0.25) is 0 Å². The number of likely N-dealkylation sites (tertiary alicyclic amines) is 1. The second-order valence-electron chi connectivity index (χ2n) is 5.93. The van der Waals surface area contributed by atoms with Crippen molar-refractivity contribution in [3.05, 3.63) is 40.9 Å². The van der Waals surface area contributed by atoms with Gasteiger partial charge < -0.3 is 9.64 Å². The number of benzene rings is 1. The summed E-state index contributed by atoms with van der Waals surface area (Å²) in [6.07, 6.45) is 1.56. The Bertz CT molecular complexity index is 860. The number of carbonyl (C=O) groups excluding carboxylic acids is 1. The first-order valence-corrected chi connectivity index (χ1v) is 10.1. The van der Waals surface area contributed by atoms with Crippen LogP contribution in [0.1, 0.15) is 11.1 Å². The van der Waals surface area contributed by atoms with E-state index in [4.69, 9.17) is 4.74 Å². The van der Waals surface area contributed by atoms with Crippen LogP contribution in [-0.2, 0) is 14.8 Å². The zero-order chi connectivity index (χ0) is 18.0. The first-order valence-electron chi connectivity index (χ1n) is 7.76. The Labute approximate surface area is 150 Å². The third kappa shape index (κ3) is 4.17. The molecule has 1 aromatic carbocycles. The van der Waals surface area contributed by atoms with Crippen molar-refractivity contribution in [2.75, 3.05) is 19.6 Å². The van der Waals surface area contributed by atoms with Crippen LogP contribution >= 0.6 is 11.3 Å². The molecule has 0 aliphatic carbocycles. The van der Waals surface area contributed by atoms with E-state index in [2.05, 4.69) is 9.71 Å². The second-order valence-corrected chi connectivity index (χ2v) is 8.52. The van der Waals surface area contributed by atoms with Gasteiger partial charge in [0, 0.05) is 11.6 Å². The maximum absolute atomic E-state index is 12.4. The van der Waals surface area contributed by atoms with E-state index in [-0.39, 0.29) is 23.5 Å². The lowest BCUT2D eigenvalue weighted by Crippen LogP contribution is -2.58. The molecule has 0 saturated carbocycles. The highest BCUT2D eigenvalue weighted by molar-refractivity contribution is 7.89. The molecule has 1 aromatic heterocycles. The fraction of sp³-hybridized carbons (Fsp3) is 0.375. The number of thiazole rings is 1. The van der Waals surface area contributed by atoms with Crippen molar-refractivity contribution >= 4 is 27.3 Å². The molecule has 1 saturated heterocycles. The van der Waals surface area contributed by atoms with Gasteiger partial charge in [0.05, 0.1) is 24.5 Å². The van der Waals surface area contributed by atoms with Gasteiger partial charge in [-0.1, -0.05) is 23.5 Å². The number of ether oxygens (including phenoxy) is 1. The number of carbonyl (C=O) groups is 1. The van der Waals surface area contributed by atoms with Crippen molar-refractivity contribution < 1.29 is 17.9 Å². The van der Waals surface area contributed by atoms with Crippen LogP contribution in [0.5, 0.6) is 5.19 Å². The van der Waals surface area contributed by atoms with E-state index in [1.165, 1.54) is 11.3 Å². The maximum Gasteiger partial charge on any atom is 0.273 e. The number of aromatic nitrogens is 1. The lowest BCUT2D eigenvalue weighted by atomic mass is 10.1. The van der Waals surface area contributed by atoms with Gasteiger partial charge in [0.2, 0.25) is 15.9 Å². The molecule has 0 spiro atoms. The van der Waals surface area contributed by atoms with Gasteiger partial charge >= 0.3 is 0 Å².